The minimum Gasteiger partial charge on any atom is -0.497 e. The molecule has 6 nitrogen and oxygen atoms in total. The molecule has 0 aliphatic carbocycles. The molecule has 0 saturated carbocycles. The van der Waals surface area contributed by atoms with Gasteiger partial charge >= 0.3 is 0 Å². The Kier molecular flexibility index (Phi) is 6.08. The van der Waals surface area contributed by atoms with Gasteiger partial charge in [0.05, 0.1) is 25.8 Å². The van der Waals surface area contributed by atoms with Gasteiger partial charge in [-0.2, -0.15) is 0 Å². The van der Waals surface area contributed by atoms with E-state index in [1.54, 1.807) is 20.3 Å². The third-order valence-electron chi connectivity index (χ3n) is 5.03. The van der Waals surface area contributed by atoms with E-state index in [-0.39, 0.29) is 5.91 Å². The highest BCUT2D eigenvalue weighted by Crippen LogP contribution is 2.35. The lowest BCUT2D eigenvalue weighted by Gasteiger charge is -2.31. The topological polar surface area (TPSA) is 71.6 Å². The molecule has 3 rings (SSSR count). The molecule has 2 aromatic rings. The normalized spacial score (nSPS) is 16.0. The molecule has 0 bridgehead atoms. The first-order chi connectivity index (χ1) is 13.8. The minimum atomic E-state index is -0.462. The lowest BCUT2D eigenvalue weighted by Crippen LogP contribution is -2.45. The number of methoxy groups -OCH3 is 2. The molecule has 1 amide bonds. The summed E-state index contributed by atoms with van der Waals surface area (Å²) in [5.41, 5.74) is 5.06. The van der Waals surface area contributed by atoms with Gasteiger partial charge in [-0.1, -0.05) is 6.07 Å². The fourth-order valence-electron chi connectivity index (χ4n) is 3.30. The molecule has 0 radical (unpaired) electrons. The average Bonchev–Trinajstić information content (AvgIpc) is 2.69. The number of aryl methyl sites for hydroxylation is 2. The molecule has 1 heterocycles. The number of amides is 1. The molecule has 0 fully saturated rings. The Morgan fingerprint density at radius 3 is 2.45 bits per heavy atom. The number of benzene rings is 2. The van der Waals surface area contributed by atoms with Crippen LogP contribution in [-0.2, 0) is 4.79 Å². The molecule has 1 aliphatic heterocycles. The largest absolute Gasteiger partial charge is 0.497 e. The second-order valence-corrected chi connectivity index (χ2v) is 7.34. The van der Waals surface area contributed by atoms with Crippen LogP contribution in [0.3, 0.4) is 0 Å². The van der Waals surface area contributed by atoms with E-state index in [1.807, 2.05) is 51.1 Å². The first-order valence-corrected chi connectivity index (χ1v) is 9.63. The predicted octanol–water partition coefficient (Wildman–Crippen LogP) is 3.75. The van der Waals surface area contributed by atoms with Crippen LogP contribution in [0.25, 0.3) is 0 Å². The van der Waals surface area contributed by atoms with Gasteiger partial charge < -0.3 is 25.4 Å². The highest BCUT2D eigenvalue weighted by atomic mass is 32.1. The maximum atomic E-state index is 13.2. The summed E-state index contributed by atoms with van der Waals surface area (Å²) in [4.78, 5) is 13.2. The number of hydrogen-bond acceptors (Lipinski definition) is 4. The Balaban J connectivity index is 2.00. The van der Waals surface area contributed by atoms with Gasteiger partial charge in [0, 0.05) is 23.0 Å². The second-order valence-electron chi connectivity index (χ2n) is 6.93. The van der Waals surface area contributed by atoms with E-state index in [4.69, 9.17) is 21.7 Å². The van der Waals surface area contributed by atoms with Crippen molar-refractivity contribution in [1.29, 1.82) is 0 Å². The number of rotatable bonds is 5. The van der Waals surface area contributed by atoms with E-state index in [9.17, 15) is 4.79 Å². The van der Waals surface area contributed by atoms with Crippen LogP contribution in [0.2, 0.25) is 0 Å². The molecule has 2 aromatic carbocycles. The van der Waals surface area contributed by atoms with Crippen LogP contribution in [-0.4, -0.2) is 25.2 Å². The van der Waals surface area contributed by atoms with Crippen LogP contribution in [0.15, 0.2) is 47.7 Å². The van der Waals surface area contributed by atoms with Gasteiger partial charge in [-0.05, 0) is 68.4 Å². The molecule has 29 heavy (non-hydrogen) atoms. The number of ether oxygens (including phenoxy) is 2. The predicted molar refractivity (Wildman–Crippen MR) is 118 cm³/mol. The van der Waals surface area contributed by atoms with Crippen LogP contribution in [0.4, 0.5) is 5.69 Å². The Bertz CT molecular complexity index is 1000. The molecule has 1 atom stereocenters. The molecule has 152 valence electrons. The van der Waals surface area contributed by atoms with E-state index >= 15 is 0 Å². The van der Waals surface area contributed by atoms with Crippen LogP contribution in [0.1, 0.15) is 29.7 Å². The van der Waals surface area contributed by atoms with Crippen LogP contribution in [0.5, 0.6) is 11.5 Å². The van der Waals surface area contributed by atoms with Crippen molar-refractivity contribution in [1.82, 2.24) is 10.6 Å². The minimum absolute atomic E-state index is 0.212. The molecule has 0 aromatic heterocycles. The van der Waals surface area contributed by atoms with E-state index in [0.717, 1.165) is 16.8 Å². The van der Waals surface area contributed by atoms with Crippen LogP contribution < -0.4 is 25.4 Å². The zero-order chi connectivity index (χ0) is 21.1. The van der Waals surface area contributed by atoms with Crippen molar-refractivity contribution in [2.75, 3.05) is 19.5 Å². The summed E-state index contributed by atoms with van der Waals surface area (Å²) >= 11 is 5.34. The Hall–Kier alpha value is -3.06. The number of nitrogens with one attached hydrogen (secondary N) is 3. The summed E-state index contributed by atoms with van der Waals surface area (Å²) in [6.07, 6.45) is 0. The molecule has 0 unspecified atom stereocenters. The van der Waals surface area contributed by atoms with Crippen molar-refractivity contribution in [2.24, 2.45) is 0 Å². The highest BCUT2D eigenvalue weighted by Gasteiger charge is 2.32. The number of allylic oxidation sites excluding steroid dienone is 1. The lowest BCUT2D eigenvalue weighted by atomic mass is 9.94. The van der Waals surface area contributed by atoms with Crippen molar-refractivity contribution in [2.45, 2.75) is 26.8 Å². The van der Waals surface area contributed by atoms with Gasteiger partial charge in [0.1, 0.15) is 11.5 Å². The Labute approximate surface area is 176 Å². The Morgan fingerprint density at radius 2 is 1.79 bits per heavy atom. The fourth-order valence-corrected chi connectivity index (χ4v) is 3.57. The zero-order valence-electron chi connectivity index (χ0n) is 17.2. The second kappa shape index (κ2) is 8.53. The Morgan fingerprint density at radius 1 is 1.03 bits per heavy atom. The van der Waals surface area contributed by atoms with E-state index in [0.29, 0.717) is 27.9 Å². The quantitative estimate of drug-likeness (QED) is 0.651. The molecular formula is C22H25N3O3S. The molecule has 0 saturated heterocycles. The standard InChI is InChI=1S/C22H25N3O3S/c1-12-6-7-15(10-13(12)2)24-21(26)19-14(3)23-22(29)25-20(19)17-9-8-16(27-4)11-18(17)28-5/h6-11,20H,1-5H3,(H,24,26)(H2,23,25,29)/t20-/m1/s1. The molecule has 0 spiro atoms. The first kappa shape index (κ1) is 20.7. The van der Waals surface area contributed by atoms with E-state index in [1.165, 1.54) is 5.56 Å². The molecule has 7 heteroatoms. The van der Waals surface area contributed by atoms with E-state index < -0.39 is 6.04 Å². The summed E-state index contributed by atoms with van der Waals surface area (Å²) in [5, 5.41) is 9.69. The summed E-state index contributed by atoms with van der Waals surface area (Å²) in [5.74, 6) is 1.07. The molecule has 3 N–H and O–H groups in total. The molecule has 1 aliphatic rings. The lowest BCUT2D eigenvalue weighted by molar-refractivity contribution is -0.113. The summed E-state index contributed by atoms with van der Waals surface area (Å²) in [7, 11) is 3.18. The van der Waals surface area contributed by atoms with Gasteiger partial charge in [0.2, 0.25) is 0 Å². The monoisotopic (exact) mass is 411 g/mol. The molecular weight excluding hydrogens is 386 g/mol. The van der Waals surface area contributed by atoms with Crippen molar-refractivity contribution in [3.63, 3.8) is 0 Å². The number of anilines is 1. The smallest absolute Gasteiger partial charge is 0.255 e. The fraction of sp³-hybridized carbons (Fsp3) is 0.273. The van der Waals surface area contributed by atoms with Gasteiger partial charge in [-0.25, -0.2) is 0 Å². The van der Waals surface area contributed by atoms with Gasteiger partial charge in [-0.15, -0.1) is 0 Å². The third kappa shape index (κ3) is 4.35. The number of carbonyl (C=O) groups excluding carboxylic acids is 1. The maximum absolute atomic E-state index is 13.2. The van der Waals surface area contributed by atoms with Crippen molar-refractivity contribution >= 4 is 28.9 Å². The first-order valence-electron chi connectivity index (χ1n) is 9.23. The van der Waals surface area contributed by atoms with Gasteiger partial charge in [0.25, 0.3) is 5.91 Å². The van der Waals surface area contributed by atoms with Crippen molar-refractivity contribution < 1.29 is 14.3 Å². The van der Waals surface area contributed by atoms with Crippen LogP contribution >= 0.6 is 12.2 Å². The van der Waals surface area contributed by atoms with Crippen LogP contribution in [0, 0.1) is 13.8 Å². The highest BCUT2D eigenvalue weighted by molar-refractivity contribution is 7.80. The number of thiocarbonyl (C=S) groups is 1. The maximum Gasteiger partial charge on any atom is 0.255 e. The average molecular weight is 412 g/mol. The van der Waals surface area contributed by atoms with Crippen molar-refractivity contribution in [3.8, 4) is 11.5 Å². The van der Waals surface area contributed by atoms with Gasteiger partial charge in [0.15, 0.2) is 5.11 Å². The third-order valence-corrected chi connectivity index (χ3v) is 5.25. The van der Waals surface area contributed by atoms with Gasteiger partial charge in [-0.3, -0.25) is 4.79 Å². The summed E-state index contributed by atoms with van der Waals surface area (Å²) in [6.45, 7) is 5.89. The van der Waals surface area contributed by atoms with E-state index in [2.05, 4.69) is 16.0 Å². The number of hydrogen-bond donors (Lipinski definition) is 3. The SMILES string of the molecule is COc1ccc([C@H]2NC(=S)NC(C)=C2C(=O)Nc2ccc(C)c(C)c2)c(OC)c1. The summed E-state index contributed by atoms with van der Waals surface area (Å²) in [6, 6.07) is 10.9. The number of carbonyl (C=O) groups is 1. The summed E-state index contributed by atoms with van der Waals surface area (Å²) < 4.78 is 10.8. The zero-order valence-corrected chi connectivity index (χ0v) is 18.0. The van der Waals surface area contributed by atoms with Crippen molar-refractivity contribution in [3.05, 3.63) is 64.4 Å².